The van der Waals surface area contributed by atoms with Gasteiger partial charge in [0.2, 0.25) is 0 Å². The van der Waals surface area contributed by atoms with Gasteiger partial charge in [-0.1, -0.05) is 13.3 Å². The van der Waals surface area contributed by atoms with Crippen molar-refractivity contribution in [2.45, 2.75) is 38.6 Å². The van der Waals surface area contributed by atoms with Gasteiger partial charge in [0.25, 0.3) is 0 Å². The maximum Gasteiger partial charge on any atom is 0.320 e. The fraction of sp³-hybridized carbons (Fsp3) is 0.917. The first-order valence-electron chi connectivity index (χ1n) is 6.20. The van der Waals surface area contributed by atoms with Gasteiger partial charge in [0.1, 0.15) is 6.04 Å². The number of carboxylic acids is 1. The monoisotopic (exact) mass is 227 g/mol. The van der Waals surface area contributed by atoms with E-state index in [1.807, 2.05) is 6.92 Å². The first kappa shape index (κ1) is 11.9. The van der Waals surface area contributed by atoms with Crippen molar-refractivity contribution < 1.29 is 15.0 Å². The molecule has 1 heterocycles. The van der Waals surface area contributed by atoms with Crippen LogP contribution in [-0.4, -0.2) is 46.8 Å². The summed E-state index contributed by atoms with van der Waals surface area (Å²) in [6.07, 6.45) is 4.19. The Labute approximate surface area is 96.3 Å². The number of aliphatic hydroxyl groups excluding tert-OH is 1. The average molecular weight is 227 g/mol. The Bertz CT molecular complexity index is 275. The van der Waals surface area contributed by atoms with Crippen molar-refractivity contribution in [1.29, 1.82) is 0 Å². The molecule has 2 fully saturated rings. The Kier molecular flexibility index (Phi) is 3.22. The molecule has 0 bridgehead atoms. The van der Waals surface area contributed by atoms with Crippen LogP contribution in [0.4, 0.5) is 0 Å². The molecule has 4 nitrogen and oxygen atoms in total. The SMILES string of the molecule is CC[C@@H](C(=O)O)N1C[C@H](CO)C2(CCC2)C1. The van der Waals surface area contributed by atoms with Gasteiger partial charge in [-0.25, -0.2) is 0 Å². The molecule has 0 aromatic rings. The molecule has 0 radical (unpaired) electrons. The van der Waals surface area contributed by atoms with Gasteiger partial charge < -0.3 is 10.2 Å². The summed E-state index contributed by atoms with van der Waals surface area (Å²) in [6, 6.07) is -0.367. The lowest BCUT2D eigenvalue weighted by atomic mass is 9.63. The smallest absolute Gasteiger partial charge is 0.320 e. The minimum absolute atomic E-state index is 0.201. The van der Waals surface area contributed by atoms with Crippen LogP contribution in [0.3, 0.4) is 0 Å². The zero-order valence-electron chi connectivity index (χ0n) is 9.85. The minimum atomic E-state index is -0.726. The fourth-order valence-corrected chi connectivity index (χ4v) is 3.35. The maximum absolute atomic E-state index is 11.1. The number of likely N-dealkylation sites (tertiary alicyclic amines) is 1. The third kappa shape index (κ3) is 1.74. The zero-order valence-corrected chi connectivity index (χ0v) is 9.85. The highest BCUT2D eigenvalue weighted by Gasteiger charge is 2.51. The number of nitrogens with zero attached hydrogens (tertiary/aromatic N) is 1. The second-order valence-corrected chi connectivity index (χ2v) is 5.29. The number of carboxylic acid groups (broad SMARTS) is 1. The summed E-state index contributed by atoms with van der Waals surface area (Å²) in [5, 5.41) is 18.6. The molecule has 2 atom stereocenters. The highest BCUT2D eigenvalue weighted by molar-refractivity contribution is 5.73. The van der Waals surface area contributed by atoms with Gasteiger partial charge in [-0.05, 0) is 24.7 Å². The van der Waals surface area contributed by atoms with Crippen molar-refractivity contribution in [3.63, 3.8) is 0 Å². The van der Waals surface area contributed by atoms with E-state index in [1.165, 1.54) is 6.42 Å². The fourth-order valence-electron chi connectivity index (χ4n) is 3.35. The number of hydrogen-bond acceptors (Lipinski definition) is 3. The Morgan fingerprint density at radius 1 is 1.56 bits per heavy atom. The van der Waals surface area contributed by atoms with Gasteiger partial charge in [0.05, 0.1) is 0 Å². The predicted molar refractivity (Wildman–Crippen MR) is 60.1 cm³/mol. The Hall–Kier alpha value is -0.610. The molecule has 92 valence electrons. The molecule has 0 amide bonds. The molecule has 0 unspecified atom stereocenters. The van der Waals surface area contributed by atoms with E-state index >= 15 is 0 Å². The van der Waals surface area contributed by atoms with Crippen LogP contribution < -0.4 is 0 Å². The average Bonchev–Trinajstić information content (AvgIpc) is 2.57. The normalized spacial score (nSPS) is 30.2. The van der Waals surface area contributed by atoms with Crippen LogP contribution in [0.1, 0.15) is 32.6 Å². The quantitative estimate of drug-likeness (QED) is 0.750. The molecular formula is C12H21NO3. The third-order valence-electron chi connectivity index (χ3n) is 4.52. The number of rotatable bonds is 4. The molecule has 1 spiro atoms. The molecule has 1 saturated carbocycles. The molecule has 16 heavy (non-hydrogen) atoms. The molecule has 1 aliphatic carbocycles. The topological polar surface area (TPSA) is 60.8 Å². The van der Waals surface area contributed by atoms with Crippen LogP contribution in [-0.2, 0) is 4.79 Å². The first-order chi connectivity index (χ1) is 7.63. The van der Waals surface area contributed by atoms with E-state index in [-0.39, 0.29) is 24.0 Å². The van der Waals surface area contributed by atoms with Gasteiger partial charge >= 0.3 is 5.97 Å². The van der Waals surface area contributed by atoms with Crippen LogP contribution in [0.15, 0.2) is 0 Å². The zero-order chi connectivity index (χ0) is 11.8. The predicted octanol–water partition coefficient (Wildman–Crippen LogP) is 0.944. The summed E-state index contributed by atoms with van der Waals surface area (Å²) in [4.78, 5) is 13.2. The summed E-state index contributed by atoms with van der Waals surface area (Å²) in [6.45, 7) is 3.73. The van der Waals surface area contributed by atoms with Gasteiger partial charge in [-0.3, -0.25) is 9.69 Å². The molecule has 1 aliphatic heterocycles. The summed E-state index contributed by atoms with van der Waals surface area (Å²) in [5.41, 5.74) is 0.234. The maximum atomic E-state index is 11.1. The van der Waals surface area contributed by atoms with Crippen molar-refractivity contribution in [1.82, 2.24) is 4.90 Å². The highest BCUT2D eigenvalue weighted by Crippen LogP contribution is 2.51. The van der Waals surface area contributed by atoms with Crippen LogP contribution in [0.2, 0.25) is 0 Å². The van der Waals surface area contributed by atoms with Crippen LogP contribution >= 0.6 is 0 Å². The molecule has 1 saturated heterocycles. The summed E-state index contributed by atoms with van der Waals surface area (Å²) < 4.78 is 0. The van der Waals surface area contributed by atoms with E-state index in [9.17, 15) is 9.90 Å². The van der Waals surface area contributed by atoms with E-state index in [0.717, 1.165) is 25.9 Å². The standard InChI is InChI=1S/C12H21NO3/c1-2-10(11(15)16)13-6-9(7-14)12(8-13)4-3-5-12/h9-10,14H,2-8H2,1H3,(H,15,16)/t9-,10+/m1/s1. The van der Waals surface area contributed by atoms with Gasteiger partial charge in [-0.15, -0.1) is 0 Å². The first-order valence-corrected chi connectivity index (χ1v) is 6.20. The number of hydrogen-bond donors (Lipinski definition) is 2. The lowest BCUT2D eigenvalue weighted by molar-refractivity contribution is -0.143. The second kappa shape index (κ2) is 4.34. The van der Waals surface area contributed by atoms with Crippen LogP contribution in [0, 0.1) is 11.3 Å². The lowest BCUT2D eigenvalue weighted by Crippen LogP contribution is -2.42. The van der Waals surface area contributed by atoms with Crippen molar-refractivity contribution >= 4 is 5.97 Å². The van der Waals surface area contributed by atoms with Crippen LogP contribution in [0.25, 0.3) is 0 Å². The molecule has 2 rings (SSSR count). The Morgan fingerprint density at radius 2 is 2.25 bits per heavy atom. The van der Waals surface area contributed by atoms with Crippen molar-refractivity contribution in [2.75, 3.05) is 19.7 Å². The van der Waals surface area contributed by atoms with E-state index in [2.05, 4.69) is 4.90 Å². The molecule has 0 aromatic heterocycles. The van der Waals surface area contributed by atoms with Crippen molar-refractivity contribution in [3.8, 4) is 0 Å². The van der Waals surface area contributed by atoms with E-state index in [0.29, 0.717) is 6.42 Å². The lowest BCUT2D eigenvalue weighted by Gasteiger charge is -2.42. The van der Waals surface area contributed by atoms with E-state index in [1.54, 1.807) is 0 Å². The minimum Gasteiger partial charge on any atom is -0.480 e. The third-order valence-corrected chi connectivity index (χ3v) is 4.52. The number of aliphatic carboxylic acids is 1. The highest BCUT2D eigenvalue weighted by atomic mass is 16.4. The van der Waals surface area contributed by atoms with Crippen molar-refractivity contribution in [3.05, 3.63) is 0 Å². The van der Waals surface area contributed by atoms with Gasteiger partial charge in [0.15, 0.2) is 0 Å². The number of carbonyl (C=O) groups is 1. The largest absolute Gasteiger partial charge is 0.480 e. The summed E-state index contributed by atoms with van der Waals surface area (Å²) >= 11 is 0. The molecular weight excluding hydrogens is 206 g/mol. The molecule has 2 N–H and O–H groups in total. The van der Waals surface area contributed by atoms with Crippen molar-refractivity contribution in [2.24, 2.45) is 11.3 Å². The van der Waals surface area contributed by atoms with Gasteiger partial charge in [-0.2, -0.15) is 0 Å². The summed E-state index contributed by atoms with van der Waals surface area (Å²) in [7, 11) is 0. The Balaban J connectivity index is 2.07. The molecule has 2 aliphatic rings. The van der Waals surface area contributed by atoms with E-state index < -0.39 is 5.97 Å². The van der Waals surface area contributed by atoms with E-state index in [4.69, 9.17) is 5.11 Å². The second-order valence-electron chi connectivity index (χ2n) is 5.29. The number of aliphatic hydroxyl groups is 1. The van der Waals surface area contributed by atoms with Crippen LogP contribution in [0.5, 0.6) is 0 Å². The molecule has 0 aromatic carbocycles. The molecule has 4 heteroatoms. The summed E-state index contributed by atoms with van der Waals surface area (Å²) in [5.74, 6) is -0.440. The Morgan fingerprint density at radius 3 is 2.56 bits per heavy atom. The van der Waals surface area contributed by atoms with Gasteiger partial charge in [0, 0.05) is 25.6 Å².